The number of allylic oxidation sites excluding steroid dienone is 1. The minimum atomic E-state index is -1.67. The molecule has 0 nitrogen and oxygen atoms in total. The number of benzene rings is 1. The summed E-state index contributed by atoms with van der Waals surface area (Å²) in [5, 5.41) is 0. The molecule has 0 spiro atoms. The van der Waals surface area contributed by atoms with Crippen LogP contribution in [-0.2, 0) is 0 Å². The van der Waals surface area contributed by atoms with Crippen LogP contribution in [0.5, 0.6) is 0 Å². The van der Waals surface area contributed by atoms with Crippen LogP contribution in [0, 0.1) is 0 Å². The number of rotatable bonds is 2. The van der Waals surface area contributed by atoms with Crippen molar-refractivity contribution in [1.29, 1.82) is 0 Å². The molecule has 74 valence electrons. The van der Waals surface area contributed by atoms with Gasteiger partial charge in [-0.15, -0.1) is 0 Å². The molecule has 0 heterocycles. The van der Waals surface area contributed by atoms with Crippen molar-refractivity contribution in [3.63, 3.8) is 0 Å². The largest absolute Gasteiger partial charge is 0.270 e. The Kier molecular flexibility index (Phi) is 3.57. The van der Waals surface area contributed by atoms with Crippen LogP contribution in [-0.4, -0.2) is 0 Å². The Morgan fingerprint density at radius 3 is 1.71 bits per heavy atom. The van der Waals surface area contributed by atoms with Gasteiger partial charge in [0.25, 0.3) is 6.08 Å². The Morgan fingerprint density at radius 1 is 0.929 bits per heavy atom. The first-order chi connectivity index (χ1) is 6.58. The van der Waals surface area contributed by atoms with E-state index in [1.165, 1.54) is 5.57 Å². The average Bonchev–Trinajstić information content (AvgIpc) is 2.06. The van der Waals surface area contributed by atoms with E-state index in [0.29, 0.717) is 5.56 Å². The van der Waals surface area contributed by atoms with Crippen LogP contribution >= 0.6 is 0 Å². The molecule has 0 saturated heterocycles. The highest BCUT2D eigenvalue weighted by Crippen LogP contribution is 2.12. The summed E-state index contributed by atoms with van der Waals surface area (Å²) in [6.07, 6.45) is 1.19. The summed E-state index contributed by atoms with van der Waals surface area (Å²) in [6.45, 7) is 3.99. The Morgan fingerprint density at radius 2 is 1.36 bits per heavy atom. The molecule has 1 aromatic rings. The van der Waals surface area contributed by atoms with Gasteiger partial charge in [0.1, 0.15) is 0 Å². The molecular weight excluding hydrogens is 182 g/mol. The second kappa shape index (κ2) is 4.70. The predicted octanol–water partition coefficient (Wildman–Crippen LogP) is 4.35. The van der Waals surface area contributed by atoms with Crippen LogP contribution in [0.2, 0.25) is 0 Å². The zero-order valence-corrected chi connectivity index (χ0v) is 8.22. The van der Waals surface area contributed by atoms with Crippen LogP contribution in [0.3, 0.4) is 0 Å². The molecule has 0 amide bonds. The fourth-order valence-corrected chi connectivity index (χ4v) is 1.15. The Balaban J connectivity index is 2.89. The second-order valence-corrected chi connectivity index (χ2v) is 3.32. The molecule has 0 aromatic heterocycles. The van der Waals surface area contributed by atoms with Gasteiger partial charge in [0, 0.05) is 6.08 Å². The van der Waals surface area contributed by atoms with E-state index in [0.717, 1.165) is 11.6 Å². The molecule has 0 aliphatic heterocycles. The highest BCUT2D eigenvalue weighted by molar-refractivity contribution is 5.57. The first kappa shape index (κ1) is 10.6. The van der Waals surface area contributed by atoms with Gasteiger partial charge in [0.2, 0.25) is 0 Å². The van der Waals surface area contributed by atoms with Crippen LogP contribution in [0.25, 0.3) is 12.2 Å². The molecule has 14 heavy (non-hydrogen) atoms. The van der Waals surface area contributed by atoms with Gasteiger partial charge in [-0.1, -0.05) is 35.9 Å². The van der Waals surface area contributed by atoms with Crippen LogP contribution in [0.1, 0.15) is 25.0 Å². The molecule has 0 radical (unpaired) electrons. The highest BCUT2D eigenvalue weighted by atomic mass is 19.3. The molecule has 0 saturated carbocycles. The van der Waals surface area contributed by atoms with E-state index in [9.17, 15) is 8.78 Å². The minimum Gasteiger partial charge on any atom is -0.173 e. The fraction of sp³-hybridized carbons (Fsp3) is 0.167. The lowest BCUT2D eigenvalue weighted by molar-refractivity contribution is 0.429. The average molecular weight is 194 g/mol. The van der Waals surface area contributed by atoms with Gasteiger partial charge in [-0.25, -0.2) is 0 Å². The van der Waals surface area contributed by atoms with Crippen molar-refractivity contribution in [3.05, 3.63) is 47.0 Å². The van der Waals surface area contributed by atoms with E-state index < -0.39 is 6.08 Å². The standard InChI is InChI=1S/C12H12F2/c1-9(2)7-10-3-5-11(6-4-10)8-12(13)14/h3-8H,1-2H3. The summed E-state index contributed by atoms with van der Waals surface area (Å²) in [7, 11) is 0. The maximum absolute atomic E-state index is 11.9. The SMILES string of the molecule is CC(C)=Cc1ccc(C=C(F)F)cc1. The van der Waals surface area contributed by atoms with E-state index in [4.69, 9.17) is 0 Å². The van der Waals surface area contributed by atoms with Gasteiger partial charge in [-0.3, -0.25) is 0 Å². The van der Waals surface area contributed by atoms with Crippen LogP contribution < -0.4 is 0 Å². The van der Waals surface area contributed by atoms with Crippen LogP contribution in [0.15, 0.2) is 35.9 Å². The van der Waals surface area contributed by atoms with E-state index >= 15 is 0 Å². The van der Waals surface area contributed by atoms with Gasteiger partial charge in [0.15, 0.2) is 0 Å². The zero-order valence-electron chi connectivity index (χ0n) is 8.22. The predicted molar refractivity (Wildman–Crippen MR) is 56.0 cm³/mol. The monoisotopic (exact) mass is 194 g/mol. The third-order valence-electron chi connectivity index (χ3n) is 1.67. The third kappa shape index (κ3) is 3.52. The number of hydrogen-bond donors (Lipinski definition) is 0. The molecule has 2 heteroatoms. The quantitative estimate of drug-likeness (QED) is 0.656. The molecule has 1 aromatic carbocycles. The molecule has 1 rings (SSSR count). The Hall–Kier alpha value is -1.44. The molecule has 0 N–H and O–H groups in total. The molecule has 0 atom stereocenters. The second-order valence-electron chi connectivity index (χ2n) is 3.32. The Bertz CT molecular complexity index is 313. The van der Waals surface area contributed by atoms with E-state index in [1.807, 2.05) is 32.1 Å². The van der Waals surface area contributed by atoms with Crippen molar-refractivity contribution in [1.82, 2.24) is 0 Å². The lowest BCUT2D eigenvalue weighted by atomic mass is 10.1. The van der Waals surface area contributed by atoms with E-state index in [2.05, 4.69) is 0 Å². The maximum atomic E-state index is 11.9. The first-order valence-corrected chi connectivity index (χ1v) is 4.35. The molecule has 0 bridgehead atoms. The van der Waals surface area contributed by atoms with Crippen molar-refractivity contribution >= 4 is 12.2 Å². The third-order valence-corrected chi connectivity index (χ3v) is 1.67. The van der Waals surface area contributed by atoms with Gasteiger partial charge < -0.3 is 0 Å². The lowest BCUT2D eigenvalue weighted by Crippen LogP contribution is -1.76. The summed E-state index contributed by atoms with van der Waals surface area (Å²) < 4.78 is 23.8. The molecule has 0 unspecified atom stereocenters. The molecule has 0 fully saturated rings. The normalized spacial score (nSPS) is 9.43. The summed E-state index contributed by atoms with van der Waals surface area (Å²) in [4.78, 5) is 0. The van der Waals surface area contributed by atoms with Crippen molar-refractivity contribution < 1.29 is 8.78 Å². The van der Waals surface area contributed by atoms with Gasteiger partial charge >= 0.3 is 0 Å². The minimum absolute atomic E-state index is 0.524. The zero-order chi connectivity index (χ0) is 10.6. The number of halogens is 2. The first-order valence-electron chi connectivity index (χ1n) is 4.35. The summed E-state index contributed by atoms with van der Waals surface area (Å²) in [6, 6.07) is 6.99. The van der Waals surface area contributed by atoms with Crippen molar-refractivity contribution in [3.8, 4) is 0 Å². The van der Waals surface area contributed by atoms with Crippen molar-refractivity contribution in [2.45, 2.75) is 13.8 Å². The number of hydrogen-bond acceptors (Lipinski definition) is 0. The van der Waals surface area contributed by atoms with Gasteiger partial charge in [0.05, 0.1) is 0 Å². The topological polar surface area (TPSA) is 0 Å². The van der Waals surface area contributed by atoms with E-state index in [-0.39, 0.29) is 0 Å². The Labute approximate surface area is 82.6 Å². The van der Waals surface area contributed by atoms with Crippen LogP contribution in [0.4, 0.5) is 8.78 Å². The maximum Gasteiger partial charge on any atom is 0.270 e. The van der Waals surface area contributed by atoms with Gasteiger partial charge in [-0.05, 0) is 25.0 Å². The summed E-state index contributed by atoms with van der Waals surface area (Å²) in [5.74, 6) is 0. The van der Waals surface area contributed by atoms with Crippen molar-refractivity contribution in [2.24, 2.45) is 0 Å². The van der Waals surface area contributed by atoms with E-state index in [1.54, 1.807) is 12.1 Å². The molecule has 0 aliphatic carbocycles. The smallest absolute Gasteiger partial charge is 0.173 e. The van der Waals surface area contributed by atoms with Gasteiger partial charge in [-0.2, -0.15) is 8.78 Å². The summed E-state index contributed by atoms with van der Waals surface area (Å²) >= 11 is 0. The summed E-state index contributed by atoms with van der Waals surface area (Å²) in [5.41, 5.74) is 2.74. The molecular formula is C12H12F2. The highest BCUT2D eigenvalue weighted by Gasteiger charge is 1.92. The lowest BCUT2D eigenvalue weighted by Gasteiger charge is -1.96. The fourth-order valence-electron chi connectivity index (χ4n) is 1.15. The molecule has 0 aliphatic rings. The van der Waals surface area contributed by atoms with Crippen molar-refractivity contribution in [2.75, 3.05) is 0 Å².